The van der Waals surface area contributed by atoms with Crippen LogP contribution in [0, 0.1) is 0 Å². The molecule has 0 aliphatic rings. The van der Waals surface area contributed by atoms with E-state index >= 15 is 0 Å². The number of esters is 1. The molecule has 0 heterocycles. The van der Waals surface area contributed by atoms with Gasteiger partial charge >= 0.3 is 5.97 Å². The Kier molecular flexibility index (Phi) is 6.64. The van der Waals surface area contributed by atoms with Gasteiger partial charge in [0.2, 0.25) is 0 Å². The molecule has 1 rings (SSSR count). The van der Waals surface area contributed by atoms with E-state index in [1.165, 1.54) is 6.92 Å². The monoisotopic (exact) mass is 264 g/mol. The number of Topliss-reactive ketones (excluding diaryl/α,β-unsaturated/α-hetero) is 1. The predicted molar refractivity (Wildman–Crippen MR) is 71.9 cm³/mol. The van der Waals surface area contributed by atoms with E-state index in [0.29, 0.717) is 6.61 Å². The molecule has 0 saturated carbocycles. The van der Waals surface area contributed by atoms with Crippen LogP contribution in [0.5, 0.6) is 5.75 Å². The molecule has 0 bridgehead atoms. The number of rotatable bonds is 8. The smallest absolute Gasteiger partial charge is 0.313 e. The van der Waals surface area contributed by atoms with Crippen molar-refractivity contribution in [2.75, 3.05) is 6.61 Å². The lowest BCUT2D eigenvalue weighted by Crippen LogP contribution is -2.08. The first-order valence-corrected chi connectivity index (χ1v) is 6.48. The number of carbonyl (C=O) groups is 2. The molecule has 4 heteroatoms. The molecule has 0 fully saturated rings. The van der Waals surface area contributed by atoms with Crippen molar-refractivity contribution in [1.82, 2.24) is 0 Å². The molecule has 4 nitrogen and oxygen atoms in total. The average molecular weight is 264 g/mol. The number of hydrogen-bond donors (Lipinski definition) is 0. The maximum Gasteiger partial charge on any atom is 0.313 e. The van der Waals surface area contributed by atoms with Gasteiger partial charge in [-0.3, -0.25) is 9.59 Å². The van der Waals surface area contributed by atoms with E-state index in [1.54, 1.807) is 0 Å². The summed E-state index contributed by atoms with van der Waals surface area (Å²) in [5, 5.41) is 0. The first kappa shape index (κ1) is 15.2. The summed E-state index contributed by atoms with van der Waals surface area (Å²) >= 11 is 0. The van der Waals surface area contributed by atoms with Gasteiger partial charge in [0.1, 0.15) is 24.6 Å². The molecule has 104 valence electrons. The van der Waals surface area contributed by atoms with E-state index in [9.17, 15) is 9.59 Å². The Balaban J connectivity index is 2.35. The van der Waals surface area contributed by atoms with Gasteiger partial charge < -0.3 is 9.47 Å². The predicted octanol–water partition coefficient (Wildman–Crippen LogP) is 2.89. The highest BCUT2D eigenvalue weighted by molar-refractivity contribution is 5.94. The van der Waals surface area contributed by atoms with E-state index in [4.69, 9.17) is 9.47 Å². The molecule has 0 radical (unpaired) electrons. The molecule has 0 aromatic heterocycles. The van der Waals surface area contributed by atoms with Crippen LogP contribution in [-0.4, -0.2) is 18.4 Å². The van der Waals surface area contributed by atoms with Gasteiger partial charge in [-0.05, 0) is 31.0 Å². The van der Waals surface area contributed by atoms with E-state index in [1.807, 2.05) is 24.3 Å². The Labute approximate surface area is 113 Å². The van der Waals surface area contributed by atoms with Crippen LogP contribution in [0.4, 0.5) is 0 Å². The molecule has 0 unspecified atom stereocenters. The average Bonchev–Trinajstić information content (AvgIpc) is 2.37. The number of ketones is 1. The summed E-state index contributed by atoms with van der Waals surface area (Å²) in [5.41, 5.74) is 0.875. The summed E-state index contributed by atoms with van der Waals surface area (Å²) in [5.74, 6) is 0.132. The Hall–Kier alpha value is -1.84. The lowest BCUT2D eigenvalue weighted by Gasteiger charge is -2.07. The fourth-order valence-electron chi connectivity index (χ4n) is 1.43. The zero-order valence-corrected chi connectivity index (χ0v) is 11.5. The summed E-state index contributed by atoms with van der Waals surface area (Å²) in [6, 6.07) is 7.40. The van der Waals surface area contributed by atoms with E-state index in [0.717, 1.165) is 24.2 Å². The van der Waals surface area contributed by atoms with Crippen LogP contribution < -0.4 is 4.74 Å². The molecule has 1 aromatic carbocycles. The molecule has 0 atom stereocenters. The third kappa shape index (κ3) is 6.60. The molecule has 19 heavy (non-hydrogen) atoms. The van der Waals surface area contributed by atoms with Gasteiger partial charge in [0, 0.05) is 0 Å². The molecule has 0 aliphatic carbocycles. The second kappa shape index (κ2) is 8.29. The van der Waals surface area contributed by atoms with Crippen molar-refractivity contribution in [3.63, 3.8) is 0 Å². The van der Waals surface area contributed by atoms with E-state index in [-0.39, 0.29) is 18.8 Å². The van der Waals surface area contributed by atoms with Crippen molar-refractivity contribution in [2.45, 2.75) is 39.7 Å². The van der Waals surface area contributed by atoms with Crippen LogP contribution >= 0.6 is 0 Å². The SMILES string of the molecule is CCCCOc1ccc(COC(=O)CC(C)=O)cc1. The highest BCUT2D eigenvalue weighted by Crippen LogP contribution is 2.13. The largest absolute Gasteiger partial charge is 0.494 e. The number of carbonyl (C=O) groups excluding carboxylic acids is 2. The molecule has 0 N–H and O–H groups in total. The van der Waals surface area contributed by atoms with Gasteiger partial charge in [0.25, 0.3) is 0 Å². The van der Waals surface area contributed by atoms with Gasteiger partial charge in [-0.25, -0.2) is 0 Å². The third-order valence-corrected chi connectivity index (χ3v) is 2.48. The zero-order valence-electron chi connectivity index (χ0n) is 11.5. The lowest BCUT2D eigenvalue weighted by atomic mass is 10.2. The molecule has 0 saturated heterocycles. The topological polar surface area (TPSA) is 52.6 Å². The maximum atomic E-state index is 11.2. The number of benzene rings is 1. The van der Waals surface area contributed by atoms with Gasteiger partial charge in [-0.15, -0.1) is 0 Å². The lowest BCUT2D eigenvalue weighted by molar-refractivity contribution is -0.146. The minimum atomic E-state index is -0.490. The quantitative estimate of drug-likeness (QED) is 0.411. The minimum Gasteiger partial charge on any atom is -0.494 e. The number of unbranched alkanes of at least 4 members (excludes halogenated alkanes) is 1. The first-order valence-electron chi connectivity index (χ1n) is 6.48. The standard InChI is InChI=1S/C15H20O4/c1-3-4-9-18-14-7-5-13(6-8-14)11-19-15(17)10-12(2)16/h5-8H,3-4,9-11H2,1-2H3. The second-order valence-corrected chi connectivity index (χ2v) is 4.39. The van der Waals surface area contributed by atoms with E-state index < -0.39 is 5.97 Å². The molecular formula is C15H20O4. The summed E-state index contributed by atoms with van der Waals surface area (Å²) in [6.45, 7) is 4.37. The van der Waals surface area contributed by atoms with Gasteiger partial charge in [-0.1, -0.05) is 25.5 Å². The molecular weight excluding hydrogens is 244 g/mol. The van der Waals surface area contributed by atoms with Crippen molar-refractivity contribution in [3.05, 3.63) is 29.8 Å². The summed E-state index contributed by atoms with van der Waals surface area (Å²) < 4.78 is 10.5. The van der Waals surface area contributed by atoms with Crippen molar-refractivity contribution in [1.29, 1.82) is 0 Å². The fraction of sp³-hybridized carbons (Fsp3) is 0.467. The highest BCUT2D eigenvalue weighted by atomic mass is 16.5. The first-order chi connectivity index (χ1) is 9.11. The summed E-state index contributed by atoms with van der Waals surface area (Å²) in [7, 11) is 0. The van der Waals surface area contributed by atoms with Crippen molar-refractivity contribution in [3.8, 4) is 5.75 Å². The highest BCUT2D eigenvalue weighted by Gasteiger charge is 2.06. The Bertz CT molecular complexity index is 409. The summed E-state index contributed by atoms with van der Waals surface area (Å²) in [4.78, 5) is 21.9. The normalized spacial score (nSPS) is 10.0. The third-order valence-electron chi connectivity index (χ3n) is 2.48. The number of ether oxygens (including phenoxy) is 2. The van der Waals surface area contributed by atoms with Crippen molar-refractivity contribution >= 4 is 11.8 Å². The molecule has 1 aromatic rings. The molecule has 0 aliphatic heterocycles. The van der Waals surface area contributed by atoms with Crippen LogP contribution in [0.15, 0.2) is 24.3 Å². The second-order valence-electron chi connectivity index (χ2n) is 4.39. The van der Waals surface area contributed by atoms with Crippen LogP contribution in [0.1, 0.15) is 38.7 Å². The van der Waals surface area contributed by atoms with Gasteiger partial charge in [0.15, 0.2) is 0 Å². The van der Waals surface area contributed by atoms with Crippen molar-refractivity contribution in [2.24, 2.45) is 0 Å². The zero-order chi connectivity index (χ0) is 14.1. The Morgan fingerprint density at radius 2 is 1.84 bits per heavy atom. The van der Waals surface area contributed by atoms with Gasteiger partial charge in [0.05, 0.1) is 6.61 Å². The van der Waals surface area contributed by atoms with Crippen LogP contribution in [-0.2, 0) is 20.9 Å². The molecule has 0 amide bonds. The minimum absolute atomic E-state index is 0.168. The maximum absolute atomic E-state index is 11.2. The Morgan fingerprint density at radius 1 is 1.16 bits per heavy atom. The number of hydrogen-bond acceptors (Lipinski definition) is 4. The van der Waals surface area contributed by atoms with E-state index in [2.05, 4.69) is 6.92 Å². The van der Waals surface area contributed by atoms with Crippen LogP contribution in [0.2, 0.25) is 0 Å². The molecule has 0 spiro atoms. The van der Waals surface area contributed by atoms with Gasteiger partial charge in [-0.2, -0.15) is 0 Å². The fourth-order valence-corrected chi connectivity index (χ4v) is 1.43. The van der Waals surface area contributed by atoms with Crippen LogP contribution in [0.25, 0.3) is 0 Å². The Morgan fingerprint density at radius 3 is 2.42 bits per heavy atom. The van der Waals surface area contributed by atoms with Crippen molar-refractivity contribution < 1.29 is 19.1 Å². The summed E-state index contributed by atoms with van der Waals surface area (Å²) in [6.07, 6.45) is 1.97. The van der Waals surface area contributed by atoms with Crippen LogP contribution in [0.3, 0.4) is 0 Å².